The Morgan fingerprint density at radius 1 is 0.964 bits per heavy atom. The molecule has 0 radical (unpaired) electrons. The number of carbonyl (C=O) groups is 1. The average molecular weight is 383 g/mol. The second-order valence-electron chi connectivity index (χ2n) is 5.74. The van der Waals surface area contributed by atoms with Crippen LogP contribution in [0.4, 0.5) is 0 Å². The fourth-order valence-corrected chi connectivity index (χ4v) is 2.71. The molecule has 146 valence electrons. The molecule has 2 aromatic carbocycles. The summed E-state index contributed by atoms with van der Waals surface area (Å²) in [6.07, 6.45) is 1.59. The molecule has 1 aliphatic rings. The van der Waals surface area contributed by atoms with Crippen molar-refractivity contribution in [1.29, 1.82) is 0 Å². The van der Waals surface area contributed by atoms with Crippen LogP contribution < -0.4 is 18.9 Å². The van der Waals surface area contributed by atoms with Crippen LogP contribution in [0.15, 0.2) is 47.1 Å². The summed E-state index contributed by atoms with van der Waals surface area (Å²) in [5.41, 5.74) is 1.46. The van der Waals surface area contributed by atoms with Crippen molar-refractivity contribution in [2.75, 3.05) is 27.9 Å². The number of hydrogen-bond donors (Lipinski definition) is 0. The molecular formula is C21H21NO6. The topological polar surface area (TPSA) is 75.6 Å². The molecule has 3 rings (SSSR count). The number of hydrogen-bond acceptors (Lipinski definition) is 7. The van der Waals surface area contributed by atoms with Gasteiger partial charge in [-0.25, -0.2) is 9.79 Å². The lowest BCUT2D eigenvalue weighted by Gasteiger charge is -2.12. The van der Waals surface area contributed by atoms with Crippen molar-refractivity contribution in [3.8, 4) is 23.0 Å². The van der Waals surface area contributed by atoms with Crippen LogP contribution >= 0.6 is 0 Å². The SMILES string of the molecule is CCOc1ccc(C2=N/C(=C\c3cc(OC)c(OC)cc3OC)C(=O)O2)cc1. The van der Waals surface area contributed by atoms with Gasteiger partial charge in [-0.1, -0.05) is 0 Å². The van der Waals surface area contributed by atoms with E-state index in [2.05, 4.69) is 4.99 Å². The summed E-state index contributed by atoms with van der Waals surface area (Å²) in [7, 11) is 4.61. The van der Waals surface area contributed by atoms with E-state index in [9.17, 15) is 4.79 Å². The summed E-state index contributed by atoms with van der Waals surface area (Å²) in [6.45, 7) is 2.49. The van der Waals surface area contributed by atoms with Gasteiger partial charge >= 0.3 is 5.97 Å². The molecule has 2 aromatic rings. The number of nitrogens with zero attached hydrogens (tertiary/aromatic N) is 1. The smallest absolute Gasteiger partial charge is 0.363 e. The lowest BCUT2D eigenvalue weighted by molar-refractivity contribution is -0.129. The van der Waals surface area contributed by atoms with Gasteiger partial charge in [0.1, 0.15) is 11.5 Å². The van der Waals surface area contributed by atoms with Gasteiger partial charge in [0.15, 0.2) is 17.2 Å². The van der Waals surface area contributed by atoms with Gasteiger partial charge in [-0.15, -0.1) is 0 Å². The molecule has 0 aliphatic carbocycles. The van der Waals surface area contributed by atoms with Gasteiger partial charge in [-0.3, -0.25) is 0 Å². The number of aliphatic imine (C=N–C) groups is 1. The van der Waals surface area contributed by atoms with Gasteiger partial charge in [0.05, 0.1) is 27.9 Å². The molecule has 0 fully saturated rings. The highest BCUT2D eigenvalue weighted by atomic mass is 16.6. The predicted octanol–water partition coefficient (Wildman–Crippen LogP) is 3.46. The predicted molar refractivity (Wildman–Crippen MR) is 104 cm³/mol. The number of methoxy groups -OCH3 is 3. The Morgan fingerprint density at radius 2 is 1.61 bits per heavy atom. The van der Waals surface area contributed by atoms with Crippen LogP contribution in [-0.4, -0.2) is 39.8 Å². The molecule has 0 aromatic heterocycles. The van der Waals surface area contributed by atoms with Crippen molar-refractivity contribution in [3.05, 3.63) is 53.2 Å². The zero-order valence-corrected chi connectivity index (χ0v) is 16.1. The molecule has 28 heavy (non-hydrogen) atoms. The molecule has 0 amide bonds. The fraction of sp³-hybridized carbons (Fsp3) is 0.238. The van der Waals surface area contributed by atoms with Gasteiger partial charge in [-0.2, -0.15) is 0 Å². The van der Waals surface area contributed by atoms with E-state index in [0.717, 1.165) is 5.75 Å². The summed E-state index contributed by atoms with van der Waals surface area (Å²) in [5, 5.41) is 0. The van der Waals surface area contributed by atoms with E-state index in [1.165, 1.54) is 21.3 Å². The van der Waals surface area contributed by atoms with E-state index >= 15 is 0 Å². The minimum atomic E-state index is -0.541. The van der Waals surface area contributed by atoms with E-state index in [4.69, 9.17) is 23.7 Å². The number of carbonyl (C=O) groups excluding carboxylic acids is 1. The first kappa shape index (κ1) is 19.3. The van der Waals surface area contributed by atoms with Crippen molar-refractivity contribution in [2.45, 2.75) is 6.92 Å². The monoisotopic (exact) mass is 383 g/mol. The molecule has 7 nitrogen and oxygen atoms in total. The first-order valence-corrected chi connectivity index (χ1v) is 8.65. The van der Waals surface area contributed by atoms with Gasteiger partial charge in [0.25, 0.3) is 0 Å². The van der Waals surface area contributed by atoms with Gasteiger partial charge in [0.2, 0.25) is 5.90 Å². The molecule has 0 saturated heterocycles. The lowest BCUT2D eigenvalue weighted by Crippen LogP contribution is -2.05. The highest BCUT2D eigenvalue weighted by molar-refractivity contribution is 6.13. The number of ether oxygens (including phenoxy) is 5. The summed E-state index contributed by atoms with van der Waals surface area (Å²) >= 11 is 0. The maximum Gasteiger partial charge on any atom is 0.363 e. The van der Waals surface area contributed by atoms with E-state index in [0.29, 0.717) is 35.0 Å². The number of benzene rings is 2. The van der Waals surface area contributed by atoms with Crippen molar-refractivity contribution in [2.24, 2.45) is 4.99 Å². The van der Waals surface area contributed by atoms with Crippen LogP contribution in [0.3, 0.4) is 0 Å². The van der Waals surface area contributed by atoms with E-state index in [-0.39, 0.29) is 11.6 Å². The van der Waals surface area contributed by atoms with E-state index in [1.807, 2.05) is 6.92 Å². The van der Waals surface area contributed by atoms with Crippen LogP contribution in [-0.2, 0) is 9.53 Å². The normalized spacial score (nSPS) is 14.5. The van der Waals surface area contributed by atoms with Crippen LogP contribution in [0.25, 0.3) is 6.08 Å². The molecule has 0 bridgehead atoms. The van der Waals surface area contributed by atoms with Crippen LogP contribution in [0, 0.1) is 0 Å². The molecule has 0 atom stereocenters. The zero-order chi connectivity index (χ0) is 20.1. The molecule has 0 unspecified atom stereocenters. The summed E-state index contributed by atoms with van der Waals surface area (Å²) in [5.74, 6) is 1.98. The highest BCUT2D eigenvalue weighted by Crippen LogP contribution is 2.36. The van der Waals surface area contributed by atoms with Crippen molar-refractivity contribution >= 4 is 17.9 Å². The lowest BCUT2D eigenvalue weighted by atomic mass is 10.1. The Balaban J connectivity index is 1.95. The third kappa shape index (κ3) is 3.93. The Labute approximate surface area is 163 Å². The Bertz CT molecular complexity index is 931. The third-order valence-corrected chi connectivity index (χ3v) is 4.06. The standard InChI is InChI=1S/C21H21NO6/c1-5-27-15-8-6-13(7-9-15)20-22-16(21(23)28-20)10-14-11-18(25-3)19(26-4)12-17(14)24-2/h6-12H,5H2,1-4H3/b16-10-. The first-order valence-electron chi connectivity index (χ1n) is 8.65. The van der Waals surface area contributed by atoms with Crippen LogP contribution in [0.5, 0.6) is 23.0 Å². The van der Waals surface area contributed by atoms with Gasteiger partial charge < -0.3 is 23.7 Å². The van der Waals surface area contributed by atoms with Crippen LogP contribution in [0.2, 0.25) is 0 Å². The Morgan fingerprint density at radius 3 is 2.21 bits per heavy atom. The van der Waals surface area contributed by atoms with Gasteiger partial charge in [-0.05, 0) is 43.3 Å². The van der Waals surface area contributed by atoms with E-state index < -0.39 is 5.97 Å². The Kier molecular flexibility index (Phi) is 5.84. The van der Waals surface area contributed by atoms with E-state index in [1.54, 1.807) is 42.5 Å². The summed E-state index contributed by atoms with van der Waals surface area (Å²) in [4.78, 5) is 16.6. The number of esters is 1. The number of cyclic esters (lactones) is 1. The second-order valence-corrected chi connectivity index (χ2v) is 5.74. The maximum atomic E-state index is 12.3. The largest absolute Gasteiger partial charge is 0.496 e. The maximum absolute atomic E-state index is 12.3. The summed E-state index contributed by atoms with van der Waals surface area (Å²) < 4.78 is 26.7. The van der Waals surface area contributed by atoms with Crippen molar-refractivity contribution in [3.63, 3.8) is 0 Å². The minimum absolute atomic E-state index is 0.161. The zero-order valence-electron chi connectivity index (χ0n) is 16.1. The molecule has 7 heteroatoms. The third-order valence-electron chi connectivity index (χ3n) is 4.06. The highest BCUT2D eigenvalue weighted by Gasteiger charge is 2.25. The molecule has 0 spiro atoms. The molecule has 0 saturated carbocycles. The molecule has 1 heterocycles. The van der Waals surface area contributed by atoms with Crippen molar-refractivity contribution < 1.29 is 28.5 Å². The quantitative estimate of drug-likeness (QED) is 0.538. The summed E-state index contributed by atoms with van der Waals surface area (Å²) in [6, 6.07) is 10.6. The van der Waals surface area contributed by atoms with Crippen LogP contribution in [0.1, 0.15) is 18.1 Å². The second kappa shape index (κ2) is 8.47. The molecular weight excluding hydrogens is 362 g/mol. The molecule has 1 aliphatic heterocycles. The first-order chi connectivity index (χ1) is 13.6. The minimum Gasteiger partial charge on any atom is -0.496 e. The Hall–Kier alpha value is -3.48. The average Bonchev–Trinajstić information content (AvgIpc) is 3.08. The van der Waals surface area contributed by atoms with Crippen molar-refractivity contribution in [1.82, 2.24) is 0 Å². The van der Waals surface area contributed by atoms with Gasteiger partial charge in [0, 0.05) is 17.2 Å². The molecule has 0 N–H and O–H groups in total. The fourth-order valence-electron chi connectivity index (χ4n) is 2.71. The number of rotatable bonds is 7.